The Hall–Kier alpha value is -1.01. The molecule has 33 heavy (non-hydrogen) atoms. The molecular weight excluding hydrogens is 538 g/mol. The number of hydrogen-bond acceptors (Lipinski definition) is 5. The van der Waals surface area contributed by atoms with Gasteiger partial charge in [0.05, 0.1) is 39.0 Å². The van der Waals surface area contributed by atoms with Crippen molar-refractivity contribution < 1.29 is 18.6 Å². The molecule has 3 fully saturated rings. The Labute approximate surface area is 214 Å². The highest BCUT2D eigenvalue weighted by Crippen LogP contribution is 2.26. The molecule has 7 nitrogen and oxygen atoms in total. The van der Waals surface area contributed by atoms with Crippen LogP contribution in [-0.2, 0) is 14.2 Å². The molecule has 0 bridgehead atoms. The van der Waals surface area contributed by atoms with Gasteiger partial charge in [-0.25, -0.2) is 4.39 Å². The summed E-state index contributed by atoms with van der Waals surface area (Å²) in [7, 11) is 0. The van der Waals surface area contributed by atoms with E-state index in [2.05, 4.69) is 29.0 Å². The second kappa shape index (κ2) is 13.2. The predicted molar refractivity (Wildman–Crippen MR) is 138 cm³/mol. The molecule has 3 heterocycles. The summed E-state index contributed by atoms with van der Waals surface area (Å²) in [6, 6.07) is 6.99. The minimum atomic E-state index is -0.227. The van der Waals surface area contributed by atoms with Crippen molar-refractivity contribution in [2.75, 3.05) is 65.7 Å². The highest BCUT2D eigenvalue weighted by atomic mass is 127. The average Bonchev–Trinajstić information content (AvgIpc) is 3.34. The van der Waals surface area contributed by atoms with Gasteiger partial charge in [0.2, 0.25) is 0 Å². The molecule has 3 saturated heterocycles. The van der Waals surface area contributed by atoms with Crippen molar-refractivity contribution in [3.63, 3.8) is 0 Å². The third-order valence-corrected chi connectivity index (χ3v) is 6.59. The molecule has 0 spiro atoms. The monoisotopic (exact) mass is 576 g/mol. The summed E-state index contributed by atoms with van der Waals surface area (Å²) >= 11 is 0. The molecule has 0 radical (unpaired) electrons. The summed E-state index contributed by atoms with van der Waals surface area (Å²) in [5, 5.41) is 3.49. The Morgan fingerprint density at radius 3 is 2.58 bits per heavy atom. The Kier molecular flexibility index (Phi) is 10.6. The standard InChI is InChI=1S/C24H37FN4O3.HI/c1-3-26-24(27-14-22(20-8-11-31-17-20)28-9-12-30-13-10-28)29-15-18(2)32-23(16-29)19-4-6-21(25)7-5-19;/h4-7,18,20,22-23H,3,8-17H2,1-2H3,(H,26,27);1H. The number of halogens is 2. The lowest BCUT2D eigenvalue weighted by molar-refractivity contribution is -0.0605. The van der Waals surface area contributed by atoms with Gasteiger partial charge in [-0.15, -0.1) is 24.0 Å². The maximum absolute atomic E-state index is 13.4. The molecule has 0 amide bonds. The molecule has 3 aliphatic heterocycles. The first-order chi connectivity index (χ1) is 15.6. The third-order valence-electron chi connectivity index (χ3n) is 6.59. The van der Waals surface area contributed by atoms with Crippen LogP contribution >= 0.6 is 24.0 Å². The van der Waals surface area contributed by atoms with E-state index in [1.165, 1.54) is 12.1 Å². The van der Waals surface area contributed by atoms with Gasteiger partial charge < -0.3 is 24.4 Å². The van der Waals surface area contributed by atoms with Crippen LogP contribution in [0.4, 0.5) is 4.39 Å². The molecule has 0 saturated carbocycles. The van der Waals surface area contributed by atoms with Crippen LogP contribution in [0.1, 0.15) is 31.9 Å². The van der Waals surface area contributed by atoms with E-state index in [0.29, 0.717) is 18.5 Å². The van der Waals surface area contributed by atoms with Crippen molar-refractivity contribution in [1.29, 1.82) is 0 Å². The van der Waals surface area contributed by atoms with E-state index >= 15 is 0 Å². The van der Waals surface area contributed by atoms with Gasteiger partial charge in [0, 0.05) is 44.7 Å². The highest BCUT2D eigenvalue weighted by molar-refractivity contribution is 14.0. The van der Waals surface area contributed by atoms with Gasteiger partial charge in [-0.1, -0.05) is 12.1 Å². The zero-order valence-corrected chi connectivity index (χ0v) is 22.1. The Morgan fingerprint density at radius 2 is 1.91 bits per heavy atom. The van der Waals surface area contributed by atoms with Gasteiger partial charge in [-0.3, -0.25) is 9.89 Å². The zero-order valence-electron chi connectivity index (χ0n) is 19.7. The van der Waals surface area contributed by atoms with Crippen LogP contribution in [-0.4, -0.2) is 93.6 Å². The zero-order chi connectivity index (χ0) is 22.3. The van der Waals surface area contributed by atoms with E-state index in [-0.39, 0.29) is 42.0 Å². The minimum absolute atomic E-state index is 0. The van der Waals surface area contributed by atoms with Gasteiger partial charge in [0.15, 0.2) is 5.96 Å². The minimum Gasteiger partial charge on any atom is -0.381 e. The summed E-state index contributed by atoms with van der Waals surface area (Å²) in [5.41, 5.74) is 0.994. The summed E-state index contributed by atoms with van der Waals surface area (Å²) in [4.78, 5) is 9.92. The van der Waals surface area contributed by atoms with Crippen LogP contribution in [0.5, 0.6) is 0 Å². The number of hydrogen-bond donors (Lipinski definition) is 1. The fourth-order valence-electron chi connectivity index (χ4n) is 4.92. The summed E-state index contributed by atoms with van der Waals surface area (Å²) < 4.78 is 30.9. The smallest absolute Gasteiger partial charge is 0.194 e. The molecule has 186 valence electrons. The Bertz CT molecular complexity index is 742. The van der Waals surface area contributed by atoms with Crippen molar-refractivity contribution in [2.45, 2.75) is 38.5 Å². The van der Waals surface area contributed by atoms with Crippen LogP contribution in [0.25, 0.3) is 0 Å². The summed E-state index contributed by atoms with van der Waals surface area (Å²) in [5.74, 6) is 1.21. The second-order valence-electron chi connectivity index (χ2n) is 8.93. The third kappa shape index (κ3) is 7.24. The normalized spacial score (nSPS) is 27.8. The van der Waals surface area contributed by atoms with E-state index in [1.807, 2.05) is 12.1 Å². The molecule has 1 aromatic rings. The quantitative estimate of drug-likeness (QED) is 0.320. The van der Waals surface area contributed by atoms with Gasteiger partial charge in [0.1, 0.15) is 11.9 Å². The topological polar surface area (TPSA) is 58.6 Å². The highest BCUT2D eigenvalue weighted by Gasteiger charge is 2.33. The van der Waals surface area contributed by atoms with E-state index in [0.717, 1.165) is 77.1 Å². The molecule has 4 atom stereocenters. The lowest BCUT2D eigenvalue weighted by atomic mass is 9.97. The number of rotatable bonds is 6. The number of nitrogens with one attached hydrogen (secondary N) is 1. The SMILES string of the molecule is CCNC(=NCC(C1CCOC1)N1CCOCC1)N1CC(C)OC(c2ccc(F)cc2)C1.I. The van der Waals surface area contributed by atoms with E-state index < -0.39 is 0 Å². The first-order valence-electron chi connectivity index (χ1n) is 12.0. The van der Waals surface area contributed by atoms with Crippen LogP contribution in [0, 0.1) is 11.7 Å². The molecular formula is C24H38FIN4O3. The Morgan fingerprint density at radius 1 is 1.15 bits per heavy atom. The van der Waals surface area contributed by atoms with Crippen molar-refractivity contribution in [2.24, 2.45) is 10.9 Å². The molecule has 0 aliphatic carbocycles. The van der Waals surface area contributed by atoms with Crippen LogP contribution in [0.15, 0.2) is 29.3 Å². The Balaban J connectivity index is 0.00000306. The lowest BCUT2D eigenvalue weighted by Gasteiger charge is -2.40. The molecule has 9 heteroatoms. The van der Waals surface area contributed by atoms with Crippen molar-refractivity contribution in [3.8, 4) is 0 Å². The molecule has 4 rings (SSSR count). The molecule has 3 aliphatic rings. The summed E-state index contributed by atoms with van der Waals surface area (Å²) in [6.45, 7) is 12.3. The number of ether oxygens (including phenoxy) is 3. The predicted octanol–water partition coefficient (Wildman–Crippen LogP) is 2.91. The maximum atomic E-state index is 13.4. The van der Waals surface area contributed by atoms with Gasteiger partial charge in [0.25, 0.3) is 0 Å². The molecule has 0 aromatic heterocycles. The maximum Gasteiger partial charge on any atom is 0.194 e. The largest absolute Gasteiger partial charge is 0.381 e. The van der Waals surface area contributed by atoms with Crippen molar-refractivity contribution in [3.05, 3.63) is 35.6 Å². The second-order valence-corrected chi connectivity index (χ2v) is 8.93. The average molecular weight is 576 g/mol. The van der Waals surface area contributed by atoms with Gasteiger partial charge in [-0.2, -0.15) is 0 Å². The molecule has 1 aromatic carbocycles. The molecule has 4 unspecified atom stereocenters. The number of nitrogens with zero attached hydrogens (tertiary/aromatic N) is 3. The van der Waals surface area contributed by atoms with Crippen molar-refractivity contribution in [1.82, 2.24) is 15.1 Å². The van der Waals surface area contributed by atoms with Crippen LogP contribution in [0.3, 0.4) is 0 Å². The van der Waals surface area contributed by atoms with Gasteiger partial charge >= 0.3 is 0 Å². The van der Waals surface area contributed by atoms with E-state index in [4.69, 9.17) is 19.2 Å². The number of guanidine groups is 1. The number of aliphatic imine (C=N–C) groups is 1. The van der Waals surface area contributed by atoms with Crippen LogP contribution in [0.2, 0.25) is 0 Å². The fourth-order valence-corrected chi connectivity index (χ4v) is 4.92. The van der Waals surface area contributed by atoms with Crippen LogP contribution < -0.4 is 5.32 Å². The van der Waals surface area contributed by atoms with Crippen molar-refractivity contribution >= 4 is 29.9 Å². The summed E-state index contributed by atoms with van der Waals surface area (Å²) in [6.07, 6.45) is 1.04. The van der Waals surface area contributed by atoms with E-state index in [9.17, 15) is 4.39 Å². The van der Waals surface area contributed by atoms with E-state index in [1.54, 1.807) is 0 Å². The first kappa shape index (κ1) is 26.6. The first-order valence-corrected chi connectivity index (χ1v) is 12.0. The molecule has 1 N–H and O–H groups in total. The fraction of sp³-hybridized carbons (Fsp3) is 0.708. The lowest BCUT2D eigenvalue weighted by Crippen LogP contribution is -2.52. The van der Waals surface area contributed by atoms with Gasteiger partial charge in [-0.05, 0) is 38.0 Å². The number of morpholine rings is 2. The number of benzene rings is 1.